The number of ether oxygens (including phenoxy) is 6. The van der Waals surface area contributed by atoms with Gasteiger partial charge in [0.15, 0.2) is 18.4 Å². The first-order valence-corrected chi connectivity index (χ1v) is 26.9. The Hall–Kier alpha value is -3.88. The number of nitrogens with zero attached hydrogens (tertiary/aromatic N) is 1. The first-order valence-electron chi connectivity index (χ1n) is 26.9. The highest BCUT2D eigenvalue weighted by molar-refractivity contribution is 5.75. The van der Waals surface area contributed by atoms with E-state index in [-0.39, 0.29) is 57.7 Å². The molecule has 25 heteroatoms. The summed E-state index contributed by atoms with van der Waals surface area (Å²) in [5, 5.41) is 153. The Labute approximate surface area is 459 Å². The van der Waals surface area contributed by atoms with E-state index in [2.05, 4.69) is 5.32 Å². The van der Waals surface area contributed by atoms with Gasteiger partial charge in [0.05, 0.1) is 112 Å². The Kier molecular flexibility index (Phi) is 26.8. The van der Waals surface area contributed by atoms with Crippen LogP contribution in [0.5, 0.6) is 0 Å². The number of hydrogen-bond acceptors (Lipinski definition) is 23. The van der Waals surface area contributed by atoms with Gasteiger partial charge in [0.25, 0.3) is 0 Å². The number of cyclic esters (lactones) is 1. The van der Waals surface area contributed by atoms with E-state index in [0.29, 0.717) is 0 Å². The smallest absolute Gasteiger partial charge is 0.317 e. The number of amides is 2. The van der Waals surface area contributed by atoms with Gasteiger partial charge in [-0.2, -0.15) is 0 Å². The van der Waals surface area contributed by atoms with Crippen molar-refractivity contribution in [3.05, 3.63) is 85.1 Å². The summed E-state index contributed by atoms with van der Waals surface area (Å²) >= 11 is 0. The molecular formula is C54H85N3O22. The monoisotopic (exact) mass is 1130 g/mol. The molecule has 22 atom stereocenters. The number of carbonyl (C=O) groups excluding carboxylic acids is 2. The maximum atomic E-state index is 13.8. The molecule has 448 valence electrons. The van der Waals surface area contributed by atoms with Crippen LogP contribution in [0.1, 0.15) is 71.6 Å². The molecule has 79 heavy (non-hydrogen) atoms. The number of hydrogen-bond donors (Lipinski definition) is 16. The first kappa shape index (κ1) is 65.9. The predicted octanol–water partition coefficient (Wildman–Crippen LogP) is -3.04. The lowest BCUT2D eigenvalue weighted by Crippen LogP contribution is -2.67. The summed E-state index contributed by atoms with van der Waals surface area (Å²) in [7, 11) is 0. The highest BCUT2D eigenvalue weighted by Crippen LogP contribution is 2.36. The van der Waals surface area contributed by atoms with E-state index in [0.717, 1.165) is 0 Å². The first-order chi connectivity index (χ1) is 37.5. The number of rotatable bonds is 6. The number of aliphatic hydroxyl groups excluding tert-OH is 13. The molecule has 17 N–H and O–H groups in total. The summed E-state index contributed by atoms with van der Waals surface area (Å²) in [6.45, 7) is 2.29. The highest BCUT2D eigenvalue weighted by Gasteiger charge is 2.51. The van der Waals surface area contributed by atoms with Crippen LogP contribution in [0, 0.1) is 5.92 Å². The second-order valence-corrected chi connectivity index (χ2v) is 21.2. The van der Waals surface area contributed by atoms with Gasteiger partial charge in [0.2, 0.25) is 0 Å². The molecule has 0 aliphatic carbocycles. The van der Waals surface area contributed by atoms with Gasteiger partial charge in [-0.15, -0.1) is 0 Å². The van der Waals surface area contributed by atoms with E-state index in [1.54, 1.807) is 92.0 Å². The molecule has 4 fully saturated rings. The van der Waals surface area contributed by atoms with E-state index in [1.165, 1.54) is 4.90 Å². The van der Waals surface area contributed by atoms with Gasteiger partial charge in [0, 0.05) is 38.0 Å². The molecule has 5 aliphatic heterocycles. The Morgan fingerprint density at radius 1 is 0.671 bits per heavy atom. The quantitative estimate of drug-likeness (QED) is 0.118. The third kappa shape index (κ3) is 20.8. The van der Waals surface area contributed by atoms with Crippen LogP contribution in [-0.4, -0.2) is 249 Å². The summed E-state index contributed by atoms with van der Waals surface area (Å²) in [5.41, 5.74) is 6.04. The molecule has 5 heterocycles. The Morgan fingerprint density at radius 3 is 1.92 bits per heavy atom. The zero-order chi connectivity index (χ0) is 58.0. The predicted molar refractivity (Wildman–Crippen MR) is 279 cm³/mol. The van der Waals surface area contributed by atoms with Crippen LogP contribution >= 0.6 is 0 Å². The van der Waals surface area contributed by atoms with Crippen molar-refractivity contribution in [2.24, 2.45) is 11.7 Å². The van der Waals surface area contributed by atoms with Crippen LogP contribution < -0.4 is 11.1 Å². The number of urea groups is 1. The number of aliphatic hydroxyl groups is 14. The van der Waals surface area contributed by atoms with Crippen molar-refractivity contribution >= 4 is 12.0 Å². The molecule has 5 aliphatic rings. The lowest BCUT2D eigenvalue weighted by molar-refractivity contribution is -0.317. The Bertz CT molecular complexity index is 2070. The van der Waals surface area contributed by atoms with Crippen LogP contribution in [0.15, 0.2) is 85.1 Å². The Balaban J connectivity index is 1.35. The molecule has 2 unspecified atom stereocenters. The fourth-order valence-corrected chi connectivity index (χ4v) is 9.65. The molecule has 4 saturated heterocycles. The molecule has 2 bridgehead atoms. The number of nitrogens with one attached hydrogen (secondary N) is 1. The van der Waals surface area contributed by atoms with Crippen molar-refractivity contribution in [2.45, 2.75) is 206 Å². The number of fused-ring (bicyclic) bond motifs is 2. The second kappa shape index (κ2) is 32.1. The fourth-order valence-electron chi connectivity index (χ4n) is 9.65. The topological polar surface area (TPSA) is 414 Å². The van der Waals surface area contributed by atoms with Crippen LogP contribution in [-0.2, 0) is 33.2 Å². The van der Waals surface area contributed by atoms with Crippen molar-refractivity contribution in [1.82, 2.24) is 10.2 Å². The minimum absolute atomic E-state index is 0.0807. The van der Waals surface area contributed by atoms with Gasteiger partial charge >= 0.3 is 12.0 Å². The molecule has 0 aromatic heterocycles. The third-order valence-electron chi connectivity index (χ3n) is 14.4. The van der Waals surface area contributed by atoms with Gasteiger partial charge in [-0.25, -0.2) is 4.79 Å². The summed E-state index contributed by atoms with van der Waals surface area (Å²) in [4.78, 5) is 27.7. The van der Waals surface area contributed by atoms with E-state index in [9.17, 15) is 81.1 Å². The van der Waals surface area contributed by atoms with Crippen LogP contribution in [0.25, 0.3) is 0 Å². The molecule has 0 radical (unpaired) electrons. The van der Waals surface area contributed by atoms with Crippen molar-refractivity contribution < 1.29 is 110 Å². The Morgan fingerprint density at radius 2 is 1.29 bits per heavy atom. The summed E-state index contributed by atoms with van der Waals surface area (Å²) in [6, 6.07) is -3.21. The summed E-state index contributed by atoms with van der Waals surface area (Å²) in [6.07, 6.45) is -4.03. The van der Waals surface area contributed by atoms with E-state index in [4.69, 9.17) is 34.2 Å². The standard InChI is InChI=1S/C54H85N3O22/c1-30-15-13-11-9-7-5-3-4-6-8-10-12-14-16-35(76-51-48(69)45(55)41(66)29-74-51)23-42-46(56-53(72)57-26-36(27-57)77-52-50(71)49(70)47(68)43(28-58)78-52)40(65)25-54(73,79-42)24-34(61)21-39(64)37(62)18-17-32(59)20-33(60)22-44(67)75-31(2)19-38(30)63/h3-16,30-43,45-52,58-66,68-71,73H,17-29,55H2,1-2H3,(H,56,72)/b4-3+,7-5+,8-6+,11-9+,12-10+,15-13+,16-14+/t30-,31-,32+,33+,34-,35-,37+,38-,39+,40-,41+,42-,43?,45-,46+,47+,48-,49?,50+,51-,52-,54+/m0/s1. The largest absolute Gasteiger partial charge is 0.462 e. The zero-order valence-corrected chi connectivity index (χ0v) is 44.5. The van der Waals surface area contributed by atoms with Crippen molar-refractivity contribution in [3.8, 4) is 0 Å². The highest BCUT2D eigenvalue weighted by atomic mass is 16.7. The van der Waals surface area contributed by atoms with Gasteiger partial charge < -0.3 is 116 Å². The van der Waals surface area contributed by atoms with E-state index in [1.807, 2.05) is 6.92 Å². The second-order valence-electron chi connectivity index (χ2n) is 21.2. The zero-order valence-electron chi connectivity index (χ0n) is 44.5. The van der Waals surface area contributed by atoms with Crippen LogP contribution in [0.3, 0.4) is 0 Å². The minimum Gasteiger partial charge on any atom is -0.462 e. The van der Waals surface area contributed by atoms with Crippen molar-refractivity contribution in [3.63, 3.8) is 0 Å². The van der Waals surface area contributed by atoms with Gasteiger partial charge in [0.1, 0.15) is 36.6 Å². The number of likely N-dealkylation sites (tertiary alicyclic amines) is 1. The molecular weight excluding hydrogens is 1040 g/mol. The molecule has 25 nitrogen and oxygen atoms in total. The average Bonchev–Trinajstić information content (AvgIpc) is 3.40. The average molecular weight is 1130 g/mol. The van der Waals surface area contributed by atoms with Crippen LogP contribution in [0.2, 0.25) is 0 Å². The number of esters is 1. The van der Waals surface area contributed by atoms with Gasteiger partial charge in [-0.05, 0) is 26.2 Å². The maximum absolute atomic E-state index is 13.8. The lowest BCUT2D eigenvalue weighted by atomic mass is 9.87. The third-order valence-corrected chi connectivity index (χ3v) is 14.4. The van der Waals surface area contributed by atoms with Crippen LogP contribution in [0.4, 0.5) is 4.79 Å². The number of allylic oxidation sites excluding steroid dienone is 12. The number of carbonyl (C=O) groups is 2. The van der Waals surface area contributed by atoms with E-state index < -0.39 is 179 Å². The molecule has 0 aromatic rings. The summed E-state index contributed by atoms with van der Waals surface area (Å²) < 4.78 is 34.6. The fraction of sp³-hybridized carbons (Fsp3) is 0.704. The number of nitrogens with two attached hydrogens (primary N) is 1. The van der Waals surface area contributed by atoms with E-state index >= 15 is 0 Å². The van der Waals surface area contributed by atoms with Crippen molar-refractivity contribution in [2.75, 3.05) is 26.3 Å². The lowest BCUT2D eigenvalue weighted by Gasteiger charge is -2.48. The molecule has 2 amide bonds. The molecule has 5 rings (SSSR count). The molecule has 0 spiro atoms. The summed E-state index contributed by atoms with van der Waals surface area (Å²) in [5.74, 6) is -3.37. The minimum atomic E-state index is -2.35. The van der Waals surface area contributed by atoms with Gasteiger partial charge in [-0.3, -0.25) is 4.79 Å². The van der Waals surface area contributed by atoms with Gasteiger partial charge in [-0.1, -0.05) is 92.0 Å². The SMILES string of the molecule is C[C@H]1C[C@H](O)[C@@H](C)/C=C/C=C/C=C/C=C/C=C/C=C/C=C/[C@H](O[C@@H]2OC[C@@H](O)[C@H](N)[C@@H]2O)C[C@@H]2O[C@](O)(C[C@@H](O)C[C@@H](O)[C@H](O)CC[C@@H](O)C[C@@H](O)CC(=O)O1)C[C@H](O)[C@H]2NC(=O)N1CC(O[C@H]2OC(CO)[C@@H](O)C(O)[C@H]2O)C1. The molecule has 0 aromatic carbocycles. The normalized spacial score (nSPS) is 44.6. The van der Waals surface area contributed by atoms with Crippen molar-refractivity contribution in [1.29, 1.82) is 0 Å². The molecule has 0 saturated carbocycles. The maximum Gasteiger partial charge on any atom is 0.317 e.